The minimum Gasteiger partial charge on any atom is -0.394 e. The lowest BCUT2D eigenvalue weighted by atomic mass is 9.98. The molecular weight excluding hydrogens is 164 g/mol. The summed E-state index contributed by atoms with van der Waals surface area (Å²) in [5.74, 6) is 0. The maximum absolute atomic E-state index is 8.90. The summed E-state index contributed by atoms with van der Waals surface area (Å²) in [6, 6.07) is 1.86. The topological polar surface area (TPSA) is 62.0 Å². The van der Waals surface area contributed by atoms with Gasteiger partial charge in [-0.15, -0.1) is 0 Å². The first-order valence-electron chi connectivity index (χ1n) is 4.88. The number of fused-ring (bicyclic) bond motifs is 1. The van der Waals surface area contributed by atoms with Crippen LogP contribution in [0.4, 0.5) is 0 Å². The number of hydrogen-bond donors (Lipinski definition) is 3. The second-order valence-electron chi connectivity index (χ2n) is 3.72. The Morgan fingerprint density at radius 2 is 2.23 bits per heavy atom. The van der Waals surface area contributed by atoms with Crippen LogP contribution in [-0.2, 0) is 12.8 Å². The van der Waals surface area contributed by atoms with Crippen molar-refractivity contribution < 1.29 is 5.11 Å². The van der Waals surface area contributed by atoms with Crippen molar-refractivity contribution in [2.24, 2.45) is 5.73 Å². The molecule has 1 aromatic rings. The molecule has 1 aliphatic rings. The number of nitrogens with two attached hydrogens (primary N) is 1. The Bertz CT molecular complexity index is 270. The maximum Gasteiger partial charge on any atom is 0.0682 e. The van der Waals surface area contributed by atoms with Crippen LogP contribution in [0.5, 0.6) is 0 Å². The standard InChI is InChI=1S/C10H16N2O/c11-8(6-13)10-5-7-3-1-2-4-9(7)12-10/h5,8,12-13H,1-4,6,11H2/t8-/m1/s1. The van der Waals surface area contributed by atoms with Crippen molar-refractivity contribution in [3.05, 3.63) is 23.0 Å². The average Bonchev–Trinajstić information content (AvgIpc) is 2.59. The van der Waals surface area contributed by atoms with Crippen LogP contribution in [0.3, 0.4) is 0 Å². The summed E-state index contributed by atoms with van der Waals surface area (Å²) in [5, 5.41) is 8.90. The Kier molecular flexibility index (Phi) is 2.38. The van der Waals surface area contributed by atoms with Gasteiger partial charge in [0.15, 0.2) is 0 Å². The average molecular weight is 180 g/mol. The summed E-state index contributed by atoms with van der Waals surface area (Å²) in [7, 11) is 0. The van der Waals surface area contributed by atoms with Gasteiger partial charge in [-0.25, -0.2) is 0 Å². The first-order chi connectivity index (χ1) is 6.31. The molecule has 0 unspecified atom stereocenters. The maximum atomic E-state index is 8.90. The zero-order chi connectivity index (χ0) is 9.26. The zero-order valence-electron chi connectivity index (χ0n) is 7.71. The van der Waals surface area contributed by atoms with Crippen molar-refractivity contribution in [1.29, 1.82) is 0 Å². The molecule has 13 heavy (non-hydrogen) atoms. The summed E-state index contributed by atoms with van der Waals surface area (Å²) in [4.78, 5) is 3.30. The van der Waals surface area contributed by atoms with Gasteiger partial charge < -0.3 is 15.8 Å². The molecule has 1 aliphatic carbocycles. The summed E-state index contributed by atoms with van der Waals surface area (Å²) < 4.78 is 0. The largest absolute Gasteiger partial charge is 0.394 e. The Labute approximate surface area is 78.0 Å². The van der Waals surface area contributed by atoms with Crippen LogP contribution in [-0.4, -0.2) is 16.7 Å². The van der Waals surface area contributed by atoms with Crippen molar-refractivity contribution in [3.63, 3.8) is 0 Å². The first kappa shape index (κ1) is 8.78. The van der Waals surface area contributed by atoms with Crippen molar-refractivity contribution in [3.8, 4) is 0 Å². The third kappa shape index (κ3) is 1.62. The number of aryl methyl sites for hydroxylation is 2. The number of aromatic amines is 1. The minimum atomic E-state index is -0.245. The molecule has 4 N–H and O–H groups in total. The first-order valence-corrected chi connectivity index (χ1v) is 4.88. The molecule has 0 aromatic carbocycles. The van der Waals surface area contributed by atoms with Crippen LogP contribution in [0.1, 0.15) is 35.8 Å². The van der Waals surface area contributed by atoms with Crippen molar-refractivity contribution in [2.75, 3.05) is 6.61 Å². The van der Waals surface area contributed by atoms with Gasteiger partial charge in [-0.1, -0.05) is 0 Å². The number of aliphatic hydroxyl groups is 1. The molecule has 1 heterocycles. The molecule has 0 spiro atoms. The van der Waals surface area contributed by atoms with E-state index in [1.165, 1.54) is 24.1 Å². The molecular formula is C10H16N2O. The van der Waals surface area contributed by atoms with E-state index in [2.05, 4.69) is 11.1 Å². The SMILES string of the molecule is N[C@H](CO)c1cc2c([nH]1)CCCC2. The second-order valence-corrected chi connectivity index (χ2v) is 3.72. The van der Waals surface area contributed by atoms with E-state index >= 15 is 0 Å². The summed E-state index contributed by atoms with van der Waals surface area (Å²) in [6.07, 6.45) is 4.83. The van der Waals surface area contributed by atoms with Gasteiger partial charge in [-0.3, -0.25) is 0 Å². The quantitative estimate of drug-likeness (QED) is 0.633. The van der Waals surface area contributed by atoms with Gasteiger partial charge in [0.2, 0.25) is 0 Å². The molecule has 3 heteroatoms. The monoisotopic (exact) mass is 180 g/mol. The number of nitrogens with one attached hydrogen (secondary N) is 1. The molecule has 2 rings (SSSR count). The van der Waals surface area contributed by atoms with Crippen molar-refractivity contribution >= 4 is 0 Å². The Morgan fingerprint density at radius 1 is 1.46 bits per heavy atom. The smallest absolute Gasteiger partial charge is 0.0682 e. The molecule has 0 aliphatic heterocycles. The predicted molar refractivity (Wildman–Crippen MR) is 51.4 cm³/mol. The molecule has 1 atom stereocenters. The molecule has 0 amide bonds. The number of aromatic nitrogens is 1. The number of rotatable bonds is 2. The van der Waals surface area contributed by atoms with Gasteiger partial charge in [-0.05, 0) is 37.3 Å². The number of aliphatic hydroxyl groups excluding tert-OH is 1. The summed E-state index contributed by atoms with van der Waals surface area (Å²) >= 11 is 0. The molecule has 3 nitrogen and oxygen atoms in total. The van der Waals surface area contributed by atoms with E-state index in [1.54, 1.807) is 0 Å². The van der Waals surface area contributed by atoms with Crippen molar-refractivity contribution in [2.45, 2.75) is 31.7 Å². The number of H-pyrrole nitrogens is 1. The zero-order valence-corrected chi connectivity index (χ0v) is 7.71. The van der Waals surface area contributed by atoms with E-state index in [0.717, 1.165) is 18.5 Å². The van der Waals surface area contributed by atoms with Crippen LogP contribution >= 0.6 is 0 Å². The fraction of sp³-hybridized carbons (Fsp3) is 0.600. The molecule has 0 bridgehead atoms. The molecule has 0 saturated carbocycles. The molecule has 0 fully saturated rings. The Hall–Kier alpha value is -0.800. The van der Waals surface area contributed by atoms with Gasteiger partial charge in [0.1, 0.15) is 0 Å². The normalized spacial score (nSPS) is 18.3. The lowest BCUT2D eigenvalue weighted by Crippen LogP contribution is -2.14. The van der Waals surface area contributed by atoms with E-state index in [4.69, 9.17) is 10.8 Å². The molecule has 1 aromatic heterocycles. The molecule has 0 radical (unpaired) electrons. The van der Waals surface area contributed by atoms with Crippen LogP contribution < -0.4 is 5.73 Å². The highest BCUT2D eigenvalue weighted by Crippen LogP contribution is 2.23. The van der Waals surface area contributed by atoms with Crippen LogP contribution in [0.25, 0.3) is 0 Å². The van der Waals surface area contributed by atoms with Crippen LogP contribution in [0, 0.1) is 0 Å². The molecule has 72 valence electrons. The predicted octanol–water partition coefficient (Wildman–Crippen LogP) is 0.886. The fourth-order valence-electron chi connectivity index (χ4n) is 1.93. The van der Waals surface area contributed by atoms with E-state index in [9.17, 15) is 0 Å². The lowest BCUT2D eigenvalue weighted by Gasteiger charge is -2.09. The van der Waals surface area contributed by atoms with E-state index in [-0.39, 0.29) is 12.6 Å². The number of hydrogen-bond acceptors (Lipinski definition) is 2. The summed E-state index contributed by atoms with van der Waals surface area (Å²) in [6.45, 7) is 0.0133. The van der Waals surface area contributed by atoms with E-state index < -0.39 is 0 Å². The van der Waals surface area contributed by atoms with Gasteiger partial charge >= 0.3 is 0 Å². The minimum absolute atomic E-state index is 0.0133. The van der Waals surface area contributed by atoms with E-state index in [0.29, 0.717) is 0 Å². The third-order valence-electron chi connectivity index (χ3n) is 2.73. The lowest BCUT2D eigenvalue weighted by molar-refractivity contribution is 0.266. The Morgan fingerprint density at radius 3 is 2.92 bits per heavy atom. The van der Waals surface area contributed by atoms with Gasteiger partial charge in [-0.2, -0.15) is 0 Å². The van der Waals surface area contributed by atoms with Gasteiger partial charge in [0.25, 0.3) is 0 Å². The highest BCUT2D eigenvalue weighted by atomic mass is 16.3. The van der Waals surface area contributed by atoms with E-state index in [1.807, 2.05) is 0 Å². The van der Waals surface area contributed by atoms with Crippen LogP contribution in [0.15, 0.2) is 6.07 Å². The second kappa shape index (κ2) is 3.52. The van der Waals surface area contributed by atoms with Gasteiger partial charge in [0.05, 0.1) is 12.6 Å². The van der Waals surface area contributed by atoms with Crippen molar-refractivity contribution in [1.82, 2.24) is 4.98 Å². The Balaban J connectivity index is 2.25. The van der Waals surface area contributed by atoms with Gasteiger partial charge in [0, 0.05) is 11.4 Å². The summed E-state index contributed by atoms with van der Waals surface area (Å²) in [5.41, 5.74) is 9.42. The highest BCUT2D eigenvalue weighted by Gasteiger charge is 2.15. The highest BCUT2D eigenvalue weighted by molar-refractivity contribution is 5.29. The fourth-order valence-corrected chi connectivity index (χ4v) is 1.93. The third-order valence-corrected chi connectivity index (χ3v) is 2.73. The van der Waals surface area contributed by atoms with Crippen LogP contribution in [0.2, 0.25) is 0 Å². The molecule has 0 saturated heterocycles.